The number of hydrogen-bond donors (Lipinski definition) is 0. The molecule has 2 aromatic heterocycles. The maximum atomic E-state index is 6.11. The Balaban J connectivity index is 1.97. The molecule has 128 valence electrons. The monoisotopic (exact) mass is 326 g/mol. The number of rotatable bonds is 10. The van der Waals surface area contributed by atoms with Crippen LogP contribution in [0.5, 0.6) is 5.88 Å². The summed E-state index contributed by atoms with van der Waals surface area (Å²) < 4.78 is 6.11. The van der Waals surface area contributed by atoms with E-state index < -0.39 is 0 Å². The van der Waals surface area contributed by atoms with Crippen molar-refractivity contribution in [1.29, 1.82) is 0 Å². The van der Waals surface area contributed by atoms with Crippen LogP contribution < -0.4 is 4.74 Å². The molecule has 0 saturated heterocycles. The van der Waals surface area contributed by atoms with Crippen molar-refractivity contribution in [3.05, 3.63) is 60.8 Å². The summed E-state index contributed by atoms with van der Waals surface area (Å²) in [5.41, 5.74) is 2.18. The van der Waals surface area contributed by atoms with Gasteiger partial charge >= 0.3 is 0 Å². The van der Waals surface area contributed by atoms with Gasteiger partial charge in [-0.05, 0) is 37.9 Å². The summed E-state index contributed by atoms with van der Waals surface area (Å²) in [5, 5.41) is 0. The molecule has 24 heavy (non-hydrogen) atoms. The van der Waals surface area contributed by atoms with Crippen molar-refractivity contribution >= 4 is 0 Å². The molecule has 0 saturated carbocycles. The van der Waals surface area contributed by atoms with Crippen molar-refractivity contribution in [3.63, 3.8) is 0 Å². The van der Waals surface area contributed by atoms with Gasteiger partial charge < -0.3 is 4.74 Å². The highest BCUT2D eigenvalue weighted by atomic mass is 16.5. The van der Waals surface area contributed by atoms with E-state index in [4.69, 9.17) is 4.74 Å². The van der Waals surface area contributed by atoms with E-state index in [1.807, 2.05) is 24.4 Å². The lowest BCUT2D eigenvalue weighted by Gasteiger charge is -2.24. The number of likely N-dealkylation sites (N-methyl/N-ethyl adjacent to an activating group) is 1. The Morgan fingerprint density at radius 1 is 1.38 bits per heavy atom. The van der Waals surface area contributed by atoms with Crippen LogP contribution in [-0.4, -0.2) is 39.5 Å². The lowest BCUT2D eigenvalue weighted by Crippen LogP contribution is -2.33. The van der Waals surface area contributed by atoms with Crippen molar-refractivity contribution in [2.45, 2.75) is 38.8 Å². The van der Waals surface area contributed by atoms with Gasteiger partial charge in [0.2, 0.25) is 5.88 Å². The minimum absolute atomic E-state index is 0.0595. The van der Waals surface area contributed by atoms with Crippen LogP contribution in [0.3, 0.4) is 0 Å². The molecule has 0 bridgehead atoms. The normalized spacial score (nSPS) is 12.1. The number of pyridine rings is 1. The van der Waals surface area contributed by atoms with E-state index in [0.29, 0.717) is 5.88 Å². The van der Waals surface area contributed by atoms with E-state index in [2.05, 4.69) is 46.5 Å². The third-order valence-corrected chi connectivity index (χ3v) is 3.73. The van der Waals surface area contributed by atoms with Crippen molar-refractivity contribution in [1.82, 2.24) is 19.9 Å². The second-order valence-electron chi connectivity index (χ2n) is 5.87. The van der Waals surface area contributed by atoms with Crippen molar-refractivity contribution in [2.75, 3.05) is 13.6 Å². The molecule has 0 aromatic carbocycles. The smallest absolute Gasteiger partial charge is 0.216 e. The van der Waals surface area contributed by atoms with Gasteiger partial charge in [0, 0.05) is 37.2 Å². The summed E-state index contributed by atoms with van der Waals surface area (Å²) in [5.74, 6) is 0.644. The first-order chi connectivity index (χ1) is 11.7. The molecular formula is C19H26N4O. The highest BCUT2D eigenvalue weighted by Crippen LogP contribution is 2.14. The van der Waals surface area contributed by atoms with Crippen LogP contribution in [0.4, 0.5) is 0 Å². The first-order valence-corrected chi connectivity index (χ1v) is 8.37. The summed E-state index contributed by atoms with van der Waals surface area (Å²) in [7, 11) is 2.09. The number of nitrogens with zero attached hydrogens (tertiary/aromatic N) is 4. The Labute approximate surface area is 144 Å². The van der Waals surface area contributed by atoms with E-state index in [0.717, 1.165) is 38.0 Å². The molecule has 0 aliphatic rings. The van der Waals surface area contributed by atoms with E-state index in [9.17, 15) is 0 Å². The molecule has 5 nitrogen and oxygen atoms in total. The average molecular weight is 326 g/mol. The van der Waals surface area contributed by atoms with Crippen LogP contribution in [0.15, 0.2) is 49.6 Å². The number of allylic oxidation sites excluding steroid dienone is 1. The number of aryl methyl sites for hydroxylation is 1. The Morgan fingerprint density at radius 2 is 2.25 bits per heavy atom. The summed E-state index contributed by atoms with van der Waals surface area (Å²) in [6, 6.07) is 5.96. The first-order valence-electron chi connectivity index (χ1n) is 8.37. The molecule has 0 unspecified atom stereocenters. The molecule has 0 aliphatic heterocycles. The van der Waals surface area contributed by atoms with Crippen LogP contribution in [0, 0.1) is 0 Å². The average Bonchev–Trinajstić information content (AvgIpc) is 2.60. The Morgan fingerprint density at radius 3 is 2.96 bits per heavy atom. The lowest BCUT2D eigenvalue weighted by atomic mass is 10.1. The minimum atomic E-state index is 0.0595. The SMILES string of the molecule is C=CCC[C@H](CN(C)Cc1cccnc1)Oc1cc(CC)ncn1. The first kappa shape index (κ1) is 18.1. The van der Waals surface area contributed by atoms with Gasteiger partial charge in [0.05, 0.1) is 0 Å². The van der Waals surface area contributed by atoms with E-state index in [1.54, 1.807) is 12.5 Å². The standard InChI is InChI=1S/C19H26N4O/c1-4-6-9-18(24-19-11-17(5-2)21-15-22-19)14-23(3)13-16-8-7-10-20-12-16/h4,7-8,10-12,15,18H,1,5-6,9,13-14H2,2-3H3/t18-/m1/s1. The van der Waals surface area contributed by atoms with E-state index >= 15 is 0 Å². The zero-order valence-corrected chi connectivity index (χ0v) is 14.6. The van der Waals surface area contributed by atoms with Gasteiger partial charge in [0.1, 0.15) is 12.4 Å². The van der Waals surface area contributed by atoms with Crippen LogP contribution in [-0.2, 0) is 13.0 Å². The van der Waals surface area contributed by atoms with Gasteiger partial charge in [-0.1, -0.05) is 19.1 Å². The van der Waals surface area contributed by atoms with Gasteiger partial charge in [-0.15, -0.1) is 6.58 Å². The summed E-state index contributed by atoms with van der Waals surface area (Å²) in [6.07, 6.45) is 9.94. The topological polar surface area (TPSA) is 51.1 Å². The number of hydrogen-bond acceptors (Lipinski definition) is 5. The summed E-state index contributed by atoms with van der Waals surface area (Å²) in [4.78, 5) is 14.9. The Kier molecular flexibility index (Phi) is 7.36. The maximum Gasteiger partial charge on any atom is 0.216 e. The van der Waals surface area contributed by atoms with Crippen LogP contribution >= 0.6 is 0 Å². The Hall–Kier alpha value is -2.27. The van der Waals surface area contributed by atoms with Gasteiger partial charge in [-0.2, -0.15) is 0 Å². The molecule has 1 atom stereocenters. The minimum Gasteiger partial charge on any atom is -0.473 e. The highest BCUT2D eigenvalue weighted by molar-refractivity contribution is 5.14. The largest absolute Gasteiger partial charge is 0.473 e. The molecular weight excluding hydrogens is 300 g/mol. The van der Waals surface area contributed by atoms with Gasteiger partial charge in [-0.25, -0.2) is 9.97 Å². The fourth-order valence-corrected chi connectivity index (χ4v) is 2.51. The zero-order valence-electron chi connectivity index (χ0n) is 14.6. The van der Waals surface area contributed by atoms with Crippen LogP contribution in [0.25, 0.3) is 0 Å². The predicted octanol–water partition coefficient (Wildman–Crippen LogP) is 3.28. The van der Waals surface area contributed by atoms with Crippen molar-refractivity contribution in [2.24, 2.45) is 0 Å². The molecule has 5 heteroatoms. The second kappa shape index (κ2) is 9.78. The zero-order chi connectivity index (χ0) is 17.2. The van der Waals surface area contributed by atoms with Gasteiger partial charge in [0.25, 0.3) is 0 Å². The molecule has 2 rings (SSSR count). The predicted molar refractivity (Wildman–Crippen MR) is 95.8 cm³/mol. The second-order valence-corrected chi connectivity index (χ2v) is 5.87. The molecule has 0 amide bonds. The third kappa shape index (κ3) is 6.08. The fraction of sp³-hybridized carbons (Fsp3) is 0.421. The molecule has 2 aromatic rings. The fourth-order valence-electron chi connectivity index (χ4n) is 2.51. The third-order valence-electron chi connectivity index (χ3n) is 3.73. The molecule has 0 N–H and O–H groups in total. The maximum absolute atomic E-state index is 6.11. The summed E-state index contributed by atoms with van der Waals surface area (Å²) >= 11 is 0. The molecule has 0 spiro atoms. The number of ether oxygens (including phenoxy) is 1. The molecule has 0 radical (unpaired) electrons. The number of aromatic nitrogens is 3. The highest BCUT2D eigenvalue weighted by Gasteiger charge is 2.14. The van der Waals surface area contributed by atoms with Gasteiger partial charge in [0.15, 0.2) is 0 Å². The lowest BCUT2D eigenvalue weighted by molar-refractivity contribution is 0.132. The quantitative estimate of drug-likeness (QED) is 0.627. The van der Waals surface area contributed by atoms with Crippen molar-refractivity contribution in [3.8, 4) is 5.88 Å². The Bertz CT molecular complexity index is 618. The van der Waals surface area contributed by atoms with E-state index in [1.165, 1.54) is 5.56 Å². The van der Waals surface area contributed by atoms with Crippen LogP contribution in [0.2, 0.25) is 0 Å². The molecule has 0 fully saturated rings. The van der Waals surface area contributed by atoms with Crippen molar-refractivity contribution < 1.29 is 4.74 Å². The molecule has 0 aliphatic carbocycles. The van der Waals surface area contributed by atoms with E-state index in [-0.39, 0.29) is 6.10 Å². The van der Waals surface area contributed by atoms with Gasteiger partial charge in [-0.3, -0.25) is 9.88 Å². The molecule has 2 heterocycles. The summed E-state index contributed by atoms with van der Waals surface area (Å²) in [6.45, 7) is 7.54. The van der Waals surface area contributed by atoms with Crippen LogP contribution in [0.1, 0.15) is 31.0 Å².